The number of nitrogens with one attached hydrogen (secondary N) is 1. The maximum Gasteiger partial charge on any atom is 0.151 e. The zero-order chi connectivity index (χ0) is 14.0. The fourth-order valence-electron chi connectivity index (χ4n) is 1.64. The molecule has 4 nitrogen and oxygen atoms in total. The summed E-state index contributed by atoms with van der Waals surface area (Å²) in [6.45, 7) is 8.88. The molecule has 110 valence electrons. The highest BCUT2D eigenvalue weighted by Crippen LogP contribution is 1.97. The van der Waals surface area contributed by atoms with Crippen LogP contribution in [-0.4, -0.2) is 57.5 Å². The topological polar surface area (TPSA) is 49.4 Å². The zero-order valence-electron chi connectivity index (χ0n) is 12.4. The van der Waals surface area contributed by atoms with Crippen LogP contribution in [0, 0.1) is 0 Å². The lowest BCUT2D eigenvalue weighted by Crippen LogP contribution is -2.28. The van der Waals surface area contributed by atoms with Crippen molar-refractivity contribution in [3.63, 3.8) is 0 Å². The van der Waals surface area contributed by atoms with Gasteiger partial charge in [-0.15, -0.1) is 0 Å². The summed E-state index contributed by atoms with van der Waals surface area (Å²) in [6, 6.07) is 0.595. The van der Waals surface area contributed by atoms with Gasteiger partial charge < -0.3 is 10.2 Å². The van der Waals surface area contributed by atoms with Crippen molar-refractivity contribution in [3.8, 4) is 0 Å². The molecule has 0 aliphatic heterocycles. The van der Waals surface area contributed by atoms with Crippen LogP contribution in [0.3, 0.4) is 0 Å². The van der Waals surface area contributed by atoms with Gasteiger partial charge in [-0.05, 0) is 53.2 Å². The van der Waals surface area contributed by atoms with Crippen molar-refractivity contribution in [1.82, 2.24) is 10.2 Å². The molecule has 0 fully saturated rings. The van der Waals surface area contributed by atoms with Gasteiger partial charge in [0.15, 0.2) is 9.84 Å². The van der Waals surface area contributed by atoms with Crippen molar-refractivity contribution in [2.24, 2.45) is 0 Å². The van der Waals surface area contributed by atoms with Crippen LogP contribution >= 0.6 is 0 Å². The Hall–Kier alpha value is -0.130. The molecule has 5 heteroatoms. The predicted octanol–water partition coefficient (Wildman–Crippen LogP) is 1.52. The van der Waals surface area contributed by atoms with E-state index in [0.717, 1.165) is 25.9 Å². The van der Waals surface area contributed by atoms with Crippen molar-refractivity contribution >= 4 is 9.84 Å². The lowest BCUT2D eigenvalue weighted by Gasteiger charge is -2.20. The summed E-state index contributed by atoms with van der Waals surface area (Å²) in [6.07, 6.45) is 2.97. The molecule has 0 saturated heterocycles. The molecule has 0 spiro atoms. The van der Waals surface area contributed by atoms with E-state index in [1.807, 2.05) is 6.92 Å². The van der Waals surface area contributed by atoms with Crippen LogP contribution in [0.4, 0.5) is 0 Å². The second kappa shape index (κ2) is 9.75. The lowest BCUT2D eigenvalue weighted by atomic mass is 10.2. The quantitative estimate of drug-likeness (QED) is 0.582. The summed E-state index contributed by atoms with van der Waals surface area (Å²) >= 11 is 0. The first-order chi connectivity index (χ1) is 8.39. The lowest BCUT2D eigenvalue weighted by molar-refractivity contribution is 0.268. The Bertz CT molecular complexity index is 289. The smallest absolute Gasteiger partial charge is 0.151 e. The van der Waals surface area contributed by atoms with E-state index in [2.05, 4.69) is 31.1 Å². The van der Waals surface area contributed by atoms with Gasteiger partial charge in [0.25, 0.3) is 0 Å². The van der Waals surface area contributed by atoms with Crippen molar-refractivity contribution in [3.05, 3.63) is 0 Å². The SMILES string of the molecule is CCCS(=O)(=O)CCNCCCCN(C)C(C)C. The first-order valence-corrected chi connectivity index (χ1v) is 8.82. The molecule has 0 atom stereocenters. The van der Waals surface area contributed by atoms with Gasteiger partial charge in [0, 0.05) is 18.3 Å². The number of hydrogen-bond acceptors (Lipinski definition) is 4. The molecular formula is C13H30N2O2S. The first-order valence-electron chi connectivity index (χ1n) is 7.00. The summed E-state index contributed by atoms with van der Waals surface area (Å²) < 4.78 is 22.9. The molecule has 0 aliphatic rings. The molecule has 1 N–H and O–H groups in total. The average molecular weight is 278 g/mol. The predicted molar refractivity (Wildman–Crippen MR) is 78.8 cm³/mol. The van der Waals surface area contributed by atoms with Gasteiger partial charge in [0.1, 0.15) is 0 Å². The summed E-state index contributed by atoms with van der Waals surface area (Å²) in [5.41, 5.74) is 0. The van der Waals surface area contributed by atoms with Crippen LogP contribution in [0.1, 0.15) is 40.0 Å². The monoisotopic (exact) mass is 278 g/mol. The molecule has 0 saturated carbocycles. The van der Waals surface area contributed by atoms with Crippen LogP contribution in [0.25, 0.3) is 0 Å². The Balaban J connectivity index is 3.42. The van der Waals surface area contributed by atoms with E-state index in [1.165, 1.54) is 0 Å². The fourth-order valence-corrected chi connectivity index (χ4v) is 2.92. The Labute approximate surface area is 113 Å². The van der Waals surface area contributed by atoms with E-state index in [-0.39, 0.29) is 5.75 Å². The molecule has 0 rings (SSSR count). The summed E-state index contributed by atoms with van der Waals surface area (Å²) in [5.74, 6) is 0.584. The van der Waals surface area contributed by atoms with Crippen LogP contribution in [0.5, 0.6) is 0 Å². The van der Waals surface area contributed by atoms with E-state index in [9.17, 15) is 8.42 Å². The minimum Gasteiger partial charge on any atom is -0.316 e. The number of rotatable bonds is 11. The summed E-state index contributed by atoms with van der Waals surface area (Å²) in [4.78, 5) is 2.33. The third kappa shape index (κ3) is 9.85. The van der Waals surface area contributed by atoms with Crippen LogP contribution in [-0.2, 0) is 9.84 Å². The van der Waals surface area contributed by atoms with Crippen LogP contribution in [0.2, 0.25) is 0 Å². The Morgan fingerprint density at radius 2 is 1.78 bits per heavy atom. The number of sulfone groups is 1. The van der Waals surface area contributed by atoms with E-state index < -0.39 is 9.84 Å². The molecule has 0 aromatic heterocycles. The van der Waals surface area contributed by atoms with E-state index in [1.54, 1.807) is 0 Å². The van der Waals surface area contributed by atoms with Gasteiger partial charge in [-0.3, -0.25) is 0 Å². The molecule has 0 aromatic carbocycles. The molecule has 0 amide bonds. The summed E-state index contributed by atoms with van der Waals surface area (Å²) in [5, 5.41) is 3.21. The average Bonchev–Trinajstić information content (AvgIpc) is 2.27. The molecular weight excluding hydrogens is 248 g/mol. The van der Waals surface area contributed by atoms with E-state index >= 15 is 0 Å². The Morgan fingerprint density at radius 3 is 2.33 bits per heavy atom. The van der Waals surface area contributed by atoms with Crippen molar-refractivity contribution in [2.75, 3.05) is 38.2 Å². The third-order valence-electron chi connectivity index (χ3n) is 3.10. The minimum absolute atomic E-state index is 0.271. The molecule has 0 unspecified atom stereocenters. The standard InChI is InChI=1S/C13H30N2O2S/c1-5-11-18(16,17)12-9-14-8-6-7-10-15(4)13(2)3/h13-14H,5-12H2,1-4H3. The normalized spacial score (nSPS) is 12.6. The highest BCUT2D eigenvalue weighted by atomic mass is 32.2. The van der Waals surface area contributed by atoms with Gasteiger partial charge in [-0.2, -0.15) is 0 Å². The van der Waals surface area contributed by atoms with Gasteiger partial charge in [0.05, 0.1) is 5.75 Å². The second-order valence-electron chi connectivity index (χ2n) is 5.18. The first kappa shape index (κ1) is 17.9. The van der Waals surface area contributed by atoms with E-state index in [0.29, 0.717) is 24.8 Å². The molecule has 0 aliphatic carbocycles. The number of hydrogen-bond donors (Lipinski definition) is 1. The molecule has 0 bridgehead atoms. The van der Waals surface area contributed by atoms with Crippen LogP contribution in [0.15, 0.2) is 0 Å². The maximum absolute atomic E-state index is 11.4. The minimum atomic E-state index is -2.82. The highest BCUT2D eigenvalue weighted by molar-refractivity contribution is 7.91. The zero-order valence-corrected chi connectivity index (χ0v) is 13.2. The fraction of sp³-hybridized carbons (Fsp3) is 1.00. The Kier molecular flexibility index (Phi) is 9.68. The van der Waals surface area contributed by atoms with Gasteiger partial charge in [0.2, 0.25) is 0 Å². The molecule has 18 heavy (non-hydrogen) atoms. The molecule has 0 radical (unpaired) electrons. The van der Waals surface area contributed by atoms with Gasteiger partial charge in [-0.1, -0.05) is 6.92 Å². The highest BCUT2D eigenvalue weighted by Gasteiger charge is 2.07. The molecule has 0 heterocycles. The largest absolute Gasteiger partial charge is 0.316 e. The van der Waals surface area contributed by atoms with E-state index in [4.69, 9.17) is 0 Å². The second-order valence-corrected chi connectivity index (χ2v) is 7.49. The maximum atomic E-state index is 11.4. The Morgan fingerprint density at radius 1 is 1.11 bits per heavy atom. The molecule has 0 aromatic rings. The van der Waals surface area contributed by atoms with Crippen molar-refractivity contribution < 1.29 is 8.42 Å². The van der Waals surface area contributed by atoms with Crippen molar-refractivity contribution in [1.29, 1.82) is 0 Å². The van der Waals surface area contributed by atoms with Crippen molar-refractivity contribution in [2.45, 2.75) is 46.1 Å². The van der Waals surface area contributed by atoms with Gasteiger partial charge >= 0.3 is 0 Å². The summed E-state index contributed by atoms with van der Waals surface area (Å²) in [7, 11) is -0.685. The van der Waals surface area contributed by atoms with Gasteiger partial charge in [-0.25, -0.2) is 8.42 Å². The number of unbranched alkanes of at least 4 members (excludes halogenated alkanes) is 1. The number of nitrogens with zero attached hydrogens (tertiary/aromatic N) is 1. The van der Waals surface area contributed by atoms with Crippen LogP contribution < -0.4 is 5.32 Å². The third-order valence-corrected chi connectivity index (χ3v) is 4.96.